The number of carboxylic acids is 1. The van der Waals surface area contributed by atoms with E-state index in [2.05, 4.69) is 9.98 Å². The third-order valence-corrected chi connectivity index (χ3v) is 2.39. The van der Waals surface area contributed by atoms with E-state index in [-0.39, 0.29) is 18.6 Å². The Morgan fingerprint density at radius 2 is 2.38 bits per heavy atom. The van der Waals surface area contributed by atoms with Crippen LogP contribution < -0.4 is 0 Å². The molecule has 0 bridgehead atoms. The van der Waals surface area contributed by atoms with Gasteiger partial charge in [0.1, 0.15) is 17.8 Å². The van der Waals surface area contributed by atoms with Crippen LogP contribution in [0.1, 0.15) is 19.0 Å². The van der Waals surface area contributed by atoms with E-state index in [1.807, 2.05) is 13.0 Å². The Morgan fingerprint density at radius 1 is 1.56 bits per heavy atom. The number of hydrogen-bond donors (Lipinski definition) is 1. The molecule has 2 rings (SSSR count). The molecule has 1 aromatic heterocycles. The number of ether oxygens (including phenoxy) is 1. The molecule has 16 heavy (non-hydrogen) atoms. The number of carboxylic acid groups (broad SMARTS) is 1. The lowest BCUT2D eigenvalue weighted by atomic mass is 10.1. The average Bonchev–Trinajstić information content (AvgIpc) is 2.61. The lowest BCUT2D eigenvalue weighted by Crippen LogP contribution is -2.21. The van der Waals surface area contributed by atoms with Gasteiger partial charge in [0, 0.05) is 6.20 Å². The molecule has 1 aromatic rings. The Hall–Kier alpha value is -1.91. The molecule has 1 aliphatic rings. The first-order valence-corrected chi connectivity index (χ1v) is 5.04. The molecule has 0 saturated carbocycles. The summed E-state index contributed by atoms with van der Waals surface area (Å²) >= 11 is 0. The van der Waals surface area contributed by atoms with E-state index in [1.54, 1.807) is 18.3 Å². The predicted octanol–water partition coefficient (Wildman–Crippen LogP) is 1.09. The standard InChI is InChI=1S/C11H12N2O3/c1-7-9(6-10(14)15)13-11(16-7)8-4-2-3-5-12-8/h2-5,7,9H,6H2,1H3,(H,14,15)/t7-,9+/m1/s1. The maximum atomic E-state index is 10.6. The van der Waals surface area contributed by atoms with Crippen LogP contribution in [0.3, 0.4) is 0 Å². The molecule has 5 heteroatoms. The van der Waals surface area contributed by atoms with Gasteiger partial charge in [-0.2, -0.15) is 0 Å². The minimum Gasteiger partial charge on any atom is -0.481 e. The second-order valence-electron chi connectivity index (χ2n) is 3.64. The van der Waals surface area contributed by atoms with Crippen molar-refractivity contribution in [3.63, 3.8) is 0 Å². The van der Waals surface area contributed by atoms with Crippen LogP contribution in [0.15, 0.2) is 29.4 Å². The van der Waals surface area contributed by atoms with E-state index in [1.165, 1.54) is 0 Å². The fraction of sp³-hybridized carbons (Fsp3) is 0.364. The Morgan fingerprint density at radius 3 is 3.00 bits per heavy atom. The molecule has 0 aliphatic carbocycles. The first kappa shape index (κ1) is 10.6. The van der Waals surface area contributed by atoms with E-state index in [4.69, 9.17) is 9.84 Å². The molecule has 2 heterocycles. The van der Waals surface area contributed by atoms with Crippen LogP contribution in [-0.4, -0.2) is 34.1 Å². The minimum atomic E-state index is -0.869. The molecule has 0 amide bonds. The van der Waals surface area contributed by atoms with Crippen LogP contribution in [0.4, 0.5) is 0 Å². The van der Waals surface area contributed by atoms with Crippen molar-refractivity contribution in [3.05, 3.63) is 30.1 Å². The first-order valence-electron chi connectivity index (χ1n) is 5.04. The summed E-state index contributed by atoms with van der Waals surface area (Å²) < 4.78 is 5.48. The average molecular weight is 220 g/mol. The number of aliphatic carboxylic acids is 1. The lowest BCUT2D eigenvalue weighted by Gasteiger charge is -2.09. The fourth-order valence-electron chi connectivity index (χ4n) is 1.55. The Bertz CT molecular complexity index is 416. The van der Waals surface area contributed by atoms with E-state index >= 15 is 0 Å². The number of nitrogens with zero attached hydrogens (tertiary/aromatic N) is 2. The van der Waals surface area contributed by atoms with Crippen molar-refractivity contribution in [2.75, 3.05) is 0 Å². The molecule has 1 N–H and O–H groups in total. The molecule has 84 valence electrons. The van der Waals surface area contributed by atoms with Crippen LogP contribution in [0.25, 0.3) is 0 Å². The molecular formula is C11H12N2O3. The van der Waals surface area contributed by atoms with Gasteiger partial charge in [-0.05, 0) is 19.1 Å². The second-order valence-corrected chi connectivity index (χ2v) is 3.64. The van der Waals surface area contributed by atoms with Gasteiger partial charge in [-0.3, -0.25) is 9.78 Å². The maximum absolute atomic E-state index is 10.6. The van der Waals surface area contributed by atoms with Crippen LogP contribution in [0, 0.1) is 0 Å². The van der Waals surface area contributed by atoms with Gasteiger partial charge >= 0.3 is 5.97 Å². The second kappa shape index (κ2) is 4.30. The molecule has 0 spiro atoms. The summed E-state index contributed by atoms with van der Waals surface area (Å²) in [5, 5.41) is 8.71. The van der Waals surface area contributed by atoms with Gasteiger partial charge in [0.25, 0.3) is 0 Å². The van der Waals surface area contributed by atoms with Gasteiger partial charge < -0.3 is 9.84 Å². The van der Waals surface area contributed by atoms with Crippen LogP contribution in [-0.2, 0) is 9.53 Å². The highest BCUT2D eigenvalue weighted by molar-refractivity contribution is 5.93. The Labute approximate surface area is 92.8 Å². The molecule has 0 saturated heterocycles. The Kier molecular flexibility index (Phi) is 2.85. The van der Waals surface area contributed by atoms with Crippen molar-refractivity contribution in [1.82, 2.24) is 4.98 Å². The van der Waals surface area contributed by atoms with Crippen molar-refractivity contribution in [2.24, 2.45) is 4.99 Å². The number of carbonyl (C=O) groups is 1. The Balaban J connectivity index is 2.16. The van der Waals surface area contributed by atoms with Gasteiger partial charge in [-0.25, -0.2) is 4.99 Å². The molecule has 5 nitrogen and oxygen atoms in total. The topological polar surface area (TPSA) is 71.8 Å². The van der Waals surface area contributed by atoms with Crippen LogP contribution in [0.5, 0.6) is 0 Å². The summed E-state index contributed by atoms with van der Waals surface area (Å²) in [6.45, 7) is 1.81. The first-order chi connectivity index (χ1) is 7.66. The molecular weight excluding hydrogens is 208 g/mol. The van der Waals surface area contributed by atoms with Gasteiger partial charge in [-0.1, -0.05) is 6.07 Å². The van der Waals surface area contributed by atoms with Crippen LogP contribution in [0.2, 0.25) is 0 Å². The van der Waals surface area contributed by atoms with E-state index < -0.39 is 5.97 Å². The maximum Gasteiger partial charge on any atom is 0.305 e. The molecule has 0 radical (unpaired) electrons. The molecule has 0 unspecified atom stereocenters. The van der Waals surface area contributed by atoms with E-state index in [9.17, 15) is 4.79 Å². The van der Waals surface area contributed by atoms with E-state index in [0.29, 0.717) is 11.6 Å². The van der Waals surface area contributed by atoms with Gasteiger partial charge in [0.2, 0.25) is 5.90 Å². The highest BCUT2D eigenvalue weighted by Crippen LogP contribution is 2.19. The van der Waals surface area contributed by atoms with Gasteiger partial charge in [-0.15, -0.1) is 0 Å². The minimum absolute atomic E-state index is 0.0164. The third-order valence-electron chi connectivity index (χ3n) is 2.39. The van der Waals surface area contributed by atoms with Crippen LogP contribution >= 0.6 is 0 Å². The lowest BCUT2D eigenvalue weighted by molar-refractivity contribution is -0.137. The molecule has 0 fully saturated rings. The zero-order chi connectivity index (χ0) is 11.5. The number of rotatable bonds is 3. The number of aliphatic imine (C=N–C) groups is 1. The van der Waals surface area contributed by atoms with Crippen molar-refractivity contribution in [3.8, 4) is 0 Å². The van der Waals surface area contributed by atoms with Gasteiger partial charge in [0.15, 0.2) is 0 Å². The number of pyridine rings is 1. The summed E-state index contributed by atoms with van der Waals surface area (Å²) in [7, 11) is 0. The smallest absolute Gasteiger partial charge is 0.305 e. The monoisotopic (exact) mass is 220 g/mol. The normalized spacial score (nSPS) is 23.7. The highest BCUT2D eigenvalue weighted by atomic mass is 16.5. The number of hydrogen-bond acceptors (Lipinski definition) is 4. The van der Waals surface area contributed by atoms with Gasteiger partial charge in [0.05, 0.1) is 6.42 Å². The molecule has 2 atom stereocenters. The number of aromatic nitrogens is 1. The van der Waals surface area contributed by atoms with Crippen molar-refractivity contribution < 1.29 is 14.6 Å². The largest absolute Gasteiger partial charge is 0.481 e. The highest BCUT2D eigenvalue weighted by Gasteiger charge is 2.30. The zero-order valence-electron chi connectivity index (χ0n) is 8.83. The summed E-state index contributed by atoms with van der Waals surface area (Å²) in [6, 6.07) is 5.10. The summed E-state index contributed by atoms with van der Waals surface area (Å²) in [5.74, 6) is -0.439. The summed E-state index contributed by atoms with van der Waals surface area (Å²) in [6.07, 6.45) is 1.42. The SMILES string of the molecule is C[C@H]1OC(c2ccccn2)=N[C@H]1CC(=O)O. The zero-order valence-corrected chi connectivity index (χ0v) is 8.83. The third kappa shape index (κ3) is 2.18. The van der Waals surface area contributed by atoms with Crippen molar-refractivity contribution >= 4 is 11.9 Å². The van der Waals surface area contributed by atoms with Crippen molar-refractivity contribution in [2.45, 2.75) is 25.5 Å². The van der Waals surface area contributed by atoms with E-state index in [0.717, 1.165) is 0 Å². The summed E-state index contributed by atoms with van der Waals surface area (Å²) in [5.41, 5.74) is 0.641. The fourth-order valence-corrected chi connectivity index (χ4v) is 1.55. The molecule has 1 aliphatic heterocycles. The quantitative estimate of drug-likeness (QED) is 0.827. The predicted molar refractivity (Wildman–Crippen MR) is 57.4 cm³/mol. The molecule has 0 aromatic carbocycles. The summed E-state index contributed by atoms with van der Waals surface area (Å²) in [4.78, 5) is 18.9. The van der Waals surface area contributed by atoms with Crippen molar-refractivity contribution in [1.29, 1.82) is 0 Å².